The van der Waals surface area contributed by atoms with Crippen LogP contribution in [0.1, 0.15) is 48.3 Å². The Hall–Kier alpha value is -2.44. The summed E-state index contributed by atoms with van der Waals surface area (Å²) in [6, 6.07) is 9.65. The maximum Gasteiger partial charge on any atom is 0.350 e. The molecule has 1 saturated heterocycles. The molecular formula is C24H26ClN3O2S. The Balaban J connectivity index is 1.80. The number of rotatable bonds is 5. The van der Waals surface area contributed by atoms with Crippen molar-refractivity contribution in [1.29, 1.82) is 0 Å². The van der Waals surface area contributed by atoms with Crippen LogP contribution in [0.3, 0.4) is 0 Å². The first-order chi connectivity index (χ1) is 14.9. The van der Waals surface area contributed by atoms with Gasteiger partial charge < -0.3 is 9.64 Å². The molecule has 3 aromatic rings. The van der Waals surface area contributed by atoms with Gasteiger partial charge in [-0.3, -0.25) is 0 Å². The largest absolute Gasteiger partial charge is 0.459 e. The predicted octanol–water partition coefficient (Wildman–Crippen LogP) is 6.64. The Morgan fingerprint density at radius 3 is 2.61 bits per heavy atom. The molecule has 0 aliphatic carbocycles. The van der Waals surface area contributed by atoms with Gasteiger partial charge in [0.2, 0.25) is 0 Å². The molecule has 1 aliphatic heterocycles. The lowest BCUT2D eigenvalue weighted by Crippen LogP contribution is -2.28. The standard InChI is InChI=1S/C24H26ClN3O2S/c1-15(2)30-24(29)22-21(26-14-28-11-5-4-6-12-28)20-16(3)13-19(27-23(20)31-22)17-7-9-18(25)10-8-17/h7-10,13-15H,4-6,11-12H2,1-3H3. The average Bonchev–Trinajstić information content (AvgIpc) is 3.12. The first-order valence-electron chi connectivity index (χ1n) is 10.6. The lowest BCUT2D eigenvalue weighted by molar-refractivity contribution is 0.0385. The van der Waals surface area contributed by atoms with Crippen LogP contribution in [0.25, 0.3) is 21.5 Å². The van der Waals surface area contributed by atoms with Crippen molar-refractivity contribution in [3.05, 3.63) is 45.8 Å². The number of carbonyl (C=O) groups is 1. The summed E-state index contributed by atoms with van der Waals surface area (Å²) in [6.07, 6.45) is 5.27. The maximum absolute atomic E-state index is 12.9. The van der Waals surface area contributed by atoms with Crippen LogP contribution >= 0.6 is 22.9 Å². The molecular weight excluding hydrogens is 430 g/mol. The number of aliphatic imine (C=N–C) groups is 1. The van der Waals surface area contributed by atoms with E-state index in [1.807, 2.05) is 57.4 Å². The Morgan fingerprint density at radius 1 is 1.23 bits per heavy atom. The number of thiophene rings is 1. The number of ether oxygens (including phenoxy) is 1. The summed E-state index contributed by atoms with van der Waals surface area (Å²) in [5.41, 5.74) is 3.51. The molecule has 0 N–H and O–H groups in total. The number of nitrogens with zero attached hydrogens (tertiary/aromatic N) is 3. The van der Waals surface area contributed by atoms with E-state index in [1.165, 1.54) is 30.6 Å². The minimum Gasteiger partial charge on any atom is -0.459 e. The lowest BCUT2D eigenvalue weighted by atomic mass is 10.1. The zero-order chi connectivity index (χ0) is 22.0. The first kappa shape index (κ1) is 21.8. The Bertz CT molecular complexity index is 1120. The lowest BCUT2D eigenvalue weighted by Gasteiger charge is -2.23. The van der Waals surface area contributed by atoms with Crippen LogP contribution in [0, 0.1) is 6.92 Å². The van der Waals surface area contributed by atoms with Gasteiger partial charge in [0, 0.05) is 29.1 Å². The van der Waals surface area contributed by atoms with Gasteiger partial charge in [-0.05, 0) is 63.8 Å². The highest BCUT2D eigenvalue weighted by Crippen LogP contribution is 2.41. The number of aromatic nitrogens is 1. The topological polar surface area (TPSA) is 54.8 Å². The predicted molar refractivity (Wildman–Crippen MR) is 129 cm³/mol. The number of halogens is 1. The summed E-state index contributed by atoms with van der Waals surface area (Å²) in [5, 5.41) is 1.59. The average molecular weight is 456 g/mol. The van der Waals surface area contributed by atoms with E-state index in [9.17, 15) is 4.79 Å². The number of esters is 1. The van der Waals surface area contributed by atoms with Gasteiger partial charge >= 0.3 is 5.97 Å². The second kappa shape index (κ2) is 9.37. The van der Waals surface area contributed by atoms with Crippen LogP contribution in [0.4, 0.5) is 5.69 Å². The van der Waals surface area contributed by atoms with Crippen molar-refractivity contribution in [2.75, 3.05) is 13.1 Å². The van der Waals surface area contributed by atoms with Gasteiger partial charge in [-0.1, -0.05) is 23.7 Å². The van der Waals surface area contributed by atoms with Gasteiger partial charge in [0.15, 0.2) is 0 Å². The first-order valence-corrected chi connectivity index (χ1v) is 11.8. The summed E-state index contributed by atoms with van der Waals surface area (Å²) in [5.74, 6) is -0.351. The van der Waals surface area contributed by atoms with E-state index in [-0.39, 0.29) is 12.1 Å². The molecule has 31 heavy (non-hydrogen) atoms. The van der Waals surface area contributed by atoms with Gasteiger partial charge in [0.1, 0.15) is 9.71 Å². The molecule has 4 rings (SSSR count). The highest BCUT2D eigenvalue weighted by atomic mass is 35.5. The normalized spacial score (nSPS) is 14.7. The smallest absolute Gasteiger partial charge is 0.350 e. The van der Waals surface area contributed by atoms with Crippen LogP contribution < -0.4 is 0 Å². The second-order valence-corrected chi connectivity index (χ2v) is 9.52. The molecule has 1 aromatic carbocycles. The van der Waals surface area contributed by atoms with Crippen molar-refractivity contribution in [3.63, 3.8) is 0 Å². The van der Waals surface area contributed by atoms with E-state index in [1.54, 1.807) is 0 Å². The molecule has 0 radical (unpaired) electrons. The molecule has 7 heteroatoms. The molecule has 0 amide bonds. The van der Waals surface area contributed by atoms with E-state index in [0.717, 1.165) is 40.1 Å². The highest BCUT2D eigenvalue weighted by molar-refractivity contribution is 7.21. The summed E-state index contributed by atoms with van der Waals surface area (Å²) < 4.78 is 5.51. The quantitative estimate of drug-likeness (QED) is 0.246. The fraction of sp³-hybridized carbons (Fsp3) is 0.375. The second-order valence-electron chi connectivity index (χ2n) is 8.09. The number of aryl methyl sites for hydroxylation is 1. The van der Waals surface area contributed by atoms with E-state index in [4.69, 9.17) is 26.3 Å². The van der Waals surface area contributed by atoms with Crippen molar-refractivity contribution in [1.82, 2.24) is 9.88 Å². The Labute approximate surface area is 191 Å². The molecule has 2 aromatic heterocycles. The molecule has 5 nitrogen and oxygen atoms in total. The molecule has 162 valence electrons. The molecule has 0 atom stereocenters. The minimum absolute atomic E-state index is 0.199. The summed E-state index contributed by atoms with van der Waals surface area (Å²) in [4.78, 5) is 26.0. The minimum atomic E-state index is -0.351. The van der Waals surface area contributed by atoms with Crippen molar-refractivity contribution < 1.29 is 9.53 Å². The van der Waals surface area contributed by atoms with E-state index < -0.39 is 0 Å². The molecule has 0 unspecified atom stereocenters. The summed E-state index contributed by atoms with van der Waals surface area (Å²) in [7, 11) is 0. The molecule has 3 heterocycles. The number of hydrogen-bond acceptors (Lipinski definition) is 5. The third-order valence-electron chi connectivity index (χ3n) is 5.24. The molecule has 0 spiro atoms. The Morgan fingerprint density at radius 2 is 1.94 bits per heavy atom. The number of carbonyl (C=O) groups excluding carboxylic acids is 1. The molecule has 0 bridgehead atoms. The number of hydrogen-bond donors (Lipinski definition) is 0. The van der Waals surface area contributed by atoms with E-state index >= 15 is 0 Å². The van der Waals surface area contributed by atoms with Crippen LogP contribution in [0.15, 0.2) is 35.3 Å². The van der Waals surface area contributed by atoms with E-state index in [2.05, 4.69) is 4.90 Å². The SMILES string of the molecule is Cc1cc(-c2ccc(Cl)cc2)nc2sc(C(=O)OC(C)C)c(N=CN3CCCCC3)c12. The van der Waals surface area contributed by atoms with Crippen LogP contribution in [-0.2, 0) is 4.74 Å². The monoisotopic (exact) mass is 455 g/mol. The number of likely N-dealkylation sites (tertiary alicyclic amines) is 1. The van der Waals surface area contributed by atoms with Crippen molar-refractivity contribution in [3.8, 4) is 11.3 Å². The molecule has 1 fully saturated rings. The van der Waals surface area contributed by atoms with Crippen LogP contribution in [0.5, 0.6) is 0 Å². The number of fused-ring (bicyclic) bond motifs is 1. The van der Waals surface area contributed by atoms with Gasteiger partial charge in [-0.15, -0.1) is 11.3 Å². The Kier molecular flexibility index (Phi) is 6.58. The maximum atomic E-state index is 12.9. The molecule has 1 aliphatic rings. The number of pyridine rings is 1. The highest BCUT2D eigenvalue weighted by Gasteiger charge is 2.23. The van der Waals surface area contributed by atoms with Gasteiger partial charge in [-0.25, -0.2) is 14.8 Å². The van der Waals surface area contributed by atoms with Crippen molar-refractivity contribution in [2.24, 2.45) is 4.99 Å². The van der Waals surface area contributed by atoms with Crippen LogP contribution in [0.2, 0.25) is 5.02 Å². The fourth-order valence-electron chi connectivity index (χ4n) is 3.73. The van der Waals surface area contributed by atoms with E-state index in [0.29, 0.717) is 15.6 Å². The van der Waals surface area contributed by atoms with Crippen molar-refractivity contribution in [2.45, 2.75) is 46.1 Å². The van der Waals surface area contributed by atoms with Gasteiger partial charge in [-0.2, -0.15) is 0 Å². The van der Waals surface area contributed by atoms with Crippen LogP contribution in [-0.4, -0.2) is 41.4 Å². The van der Waals surface area contributed by atoms with Gasteiger partial charge in [0.05, 0.1) is 23.8 Å². The summed E-state index contributed by atoms with van der Waals surface area (Å²) in [6.45, 7) is 7.73. The van der Waals surface area contributed by atoms with Gasteiger partial charge in [0.25, 0.3) is 0 Å². The zero-order valence-electron chi connectivity index (χ0n) is 18.0. The summed E-state index contributed by atoms with van der Waals surface area (Å²) >= 11 is 7.38. The number of piperidine rings is 1. The van der Waals surface area contributed by atoms with Crippen molar-refractivity contribution >= 4 is 51.1 Å². The number of benzene rings is 1. The third kappa shape index (κ3) is 4.91. The third-order valence-corrected chi connectivity index (χ3v) is 6.55. The zero-order valence-corrected chi connectivity index (χ0v) is 19.6. The fourth-order valence-corrected chi connectivity index (χ4v) is 4.94. The molecule has 0 saturated carbocycles.